The molecule has 3 aromatic rings. The van der Waals surface area contributed by atoms with E-state index in [-0.39, 0.29) is 18.0 Å². The molecule has 0 unspecified atom stereocenters. The quantitative estimate of drug-likeness (QED) is 0.666. The largest absolute Gasteiger partial charge is 0.341 e. The molecule has 7 heteroatoms. The minimum Gasteiger partial charge on any atom is -0.341 e. The third-order valence-corrected chi connectivity index (χ3v) is 5.07. The topological polar surface area (TPSA) is 62.2 Å². The minimum atomic E-state index is -0.529. The fourth-order valence-corrected chi connectivity index (χ4v) is 3.51. The first kappa shape index (κ1) is 19.0. The first-order chi connectivity index (χ1) is 14.1. The minimum absolute atomic E-state index is 0.0503. The molecule has 3 heterocycles. The average molecular weight is 391 g/mol. The van der Waals surface area contributed by atoms with Crippen molar-refractivity contribution >= 4 is 11.9 Å². The molecule has 0 N–H and O–H groups in total. The van der Waals surface area contributed by atoms with Crippen LogP contribution in [0.2, 0.25) is 0 Å². The Morgan fingerprint density at radius 3 is 2.59 bits per heavy atom. The Bertz CT molecular complexity index is 1010. The lowest BCUT2D eigenvalue weighted by atomic mass is 10.1. The molecule has 6 nitrogen and oxygen atoms in total. The van der Waals surface area contributed by atoms with E-state index in [0.717, 1.165) is 42.8 Å². The molecule has 1 amide bonds. The molecule has 1 aromatic carbocycles. The van der Waals surface area contributed by atoms with Crippen molar-refractivity contribution in [2.75, 3.05) is 25.0 Å². The third-order valence-electron chi connectivity index (χ3n) is 5.07. The van der Waals surface area contributed by atoms with Crippen molar-refractivity contribution in [3.63, 3.8) is 0 Å². The van der Waals surface area contributed by atoms with Crippen molar-refractivity contribution in [3.8, 4) is 11.1 Å². The van der Waals surface area contributed by atoms with Crippen LogP contribution in [0.25, 0.3) is 11.1 Å². The second kappa shape index (κ2) is 8.34. The first-order valence-corrected chi connectivity index (χ1v) is 9.65. The Balaban J connectivity index is 1.67. The van der Waals surface area contributed by atoms with Gasteiger partial charge in [-0.05, 0) is 42.7 Å². The monoisotopic (exact) mass is 391 g/mol. The number of aromatic nitrogens is 3. The SMILES string of the molecule is CN(Cc1nc(N2CCCC2)ncc1-c1ccncc1)C(=O)c1ccccc1F. The van der Waals surface area contributed by atoms with Crippen LogP contribution in [0.4, 0.5) is 10.3 Å². The predicted molar refractivity (Wildman–Crippen MR) is 109 cm³/mol. The van der Waals surface area contributed by atoms with Crippen LogP contribution >= 0.6 is 0 Å². The van der Waals surface area contributed by atoms with E-state index < -0.39 is 5.82 Å². The highest BCUT2D eigenvalue weighted by Gasteiger charge is 2.21. The standard InChI is InChI=1S/C22H22FN5O/c1-27(21(29)17-6-2-3-7-19(17)23)15-20-18(16-8-10-24-11-9-16)14-25-22(26-20)28-12-4-5-13-28/h2-3,6-11,14H,4-5,12-13,15H2,1H3. The molecule has 4 rings (SSSR count). The van der Waals surface area contributed by atoms with Gasteiger partial charge in [-0.2, -0.15) is 0 Å². The van der Waals surface area contributed by atoms with Gasteiger partial charge in [0.05, 0.1) is 17.8 Å². The summed E-state index contributed by atoms with van der Waals surface area (Å²) in [6, 6.07) is 9.78. The average Bonchev–Trinajstić information content (AvgIpc) is 3.29. The van der Waals surface area contributed by atoms with Gasteiger partial charge >= 0.3 is 0 Å². The second-order valence-corrected chi connectivity index (χ2v) is 7.10. The van der Waals surface area contributed by atoms with Crippen molar-refractivity contribution < 1.29 is 9.18 Å². The molecule has 29 heavy (non-hydrogen) atoms. The maximum Gasteiger partial charge on any atom is 0.256 e. The molecule has 1 aliphatic heterocycles. The summed E-state index contributed by atoms with van der Waals surface area (Å²) in [7, 11) is 1.66. The number of halogens is 1. The zero-order valence-electron chi connectivity index (χ0n) is 16.3. The van der Waals surface area contributed by atoms with E-state index in [2.05, 4.69) is 14.9 Å². The molecular weight excluding hydrogens is 369 g/mol. The van der Waals surface area contributed by atoms with Crippen LogP contribution in [0, 0.1) is 5.82 Å². The number of hydrogen-bond acceptors (Lipinski definition) is 5. The van der Waals surface area contributed by atoms with Crippen molar-refractivity contribution in [3.05, 3.63) is 72.1 Å². The second-order valence-electron chi connectivity index (χ2n) is 7.10. The zero-order valence-corrected chi connectivity index (χ0v) is 16.3. The molecular formula is C22H22FN5O. The molecule has 1 fully saturated rings. The molecule has 0 bridgehead atoms. The molecule has 2 aromatic heterocycles. The molecule has 0 radical (unpaired) electrons. The van der Waals surface area contributed by atoms with Crippen LogP contribution < -0.4 is 4.90 Å². The van der Waals surface area contributed by atoms with Crippen molar-refractivity contribution in [1.82, 2.24) is 19.9 Å². The van der Waals surface area contributed by atoms with Crippen LogP contribution in [0.3, 0.4) is 0 Å². The zero-order chi connectivity index (χ0) is 20.2. The summed E-state index contributed by atoms with van der Waals surface area (Å²) in [5, 5.41) is 0. The number of carbonyl (C=O) groups excluding carboxylic acids is 1. The van der Waals surface area contributed by atoms with Crippen LogP contribution in [-0.4, -0.2) is 45.9 Å². The number of carbonyl (C=O) groups is 1. The number of hydrogen-bond donors (Lipinski definition) is 0. The lowest BCUT2D eigenvalue weighted by Gasteiger charge is -2.21. The van der Waals surface area contributed by atoms with Gasteiger partial charge in [0.15, 0.2) is 0 Å². The predicted octanol–water partition coefficient (Wildman–Crippen LogP) is 3.55. The van der Waals surface area contributed by atoms with Crippen molar-refractivity contribution in [2.24, 2.45) is 0 Å². The van der Waals surface area contributed by atoms with Gasteiger partial charge in [-0.1, -0.05) is 12.1 Å². The van der Waals surface area contributed by atoms with Crippen molar-refractivity contribution in [1.29, 1.82) is 0 Å². The summed E-state index contributed by atoms with van der Waals surface area (Å²) < 4.78 is 14.1. The maximum absolute atomic E-state index is 14.1. The number of anilines is 1. The van der Waals surface area contributed by atoms with Gasteiger partial charge in [0.25, 0.3) is 5.91 Å². The van der Waals surface area contributed by atoms with Gasteiger partial charge in [0, 0.05) is 44.3 Å². The highest BCUT2D eigenvalue weighted by atomic mass is 19.1. The molecule has 1 saturated heterocycles. The van der Waals surface area contributed by atoms with E-state index >= 15 is 0 Å². The van der Waals surface area contributed by atoms with E-state index in [1.165, 1.54) is 17.0 Å². The van der Waals surface area contributed by atoms with Crippen LogP contribution in [0.15, 0.2) is 55.0 Å². The fraction of sp³-hybridized carbons (Fsp3) is 0.273. The van der Waals surface area contributed by atoms with E-state index in [0.29, 0.717) is 5.95 Å². The van der Waals surface area contributed by atoms with Gasteiger partial charge in [0.1, 0.15) is 5.82 Å². The summed E-state index contributed by atoms with van der Waals surface area (Å²) in [5.41, 5.74) is 2.54. The molecule has 0 saturated carbocycles. The summed E-state index contributed by atoms with van der Waals surface area (Å²) in [6.07, 6.45) is 7.46. The number of amides is 1. The Morgan fingerprint density at radius 2 is 1.86 bits per heavy atom. The smallest absolute Gasteiger partial charge is 0.256 e. The molecule has 148 valence electrons. The Labute approximate surface area is 169 Å². The van der Waals surface area contributed by atoms with E-state index in [1.54, 1.807) is 37.8 Å². The summed E-state index contributed by atoms with van der Waals surface area (Å²) >= 11 is 0. The fourth-order valence-electron chi connectivity index (χ4n) is 3.51. The number of nitrogens with zero attached hydrogens (tertiary/aromatic N) is 5. The highest BCUT2D eigenvalue weighted by Crippen LogP contribution is 2.26. The number of pyridine rings is 1. The van der Waals surface area contributed by atoms with Gasteiger partial charge < -0.3 is 9.80 Å². The Hall–Kier alpha value is -3.35. The third kappa shape index (κ3) is 4.08. The van der Waals surface area contributed by atoms with E-state index in [1.807, 2.05) is 12.1 Å². The first-order valence-electron chi connectivity index (χ1n) is 9.65. The van der Waals surface area contributed by atoms with Gasteiger partial charge in [-0.3, -0.25) is 9.78 Å². The Morgan fingerprint density at radius 1 is 1.14 bits per heavy atom. The summed E-state index contributed by atoms with van der Waals surface area (Å²) in [4.78, 5) is 29.8. The molecule has 1 aliphatic rings. The normalized spacial score (nSPS) is 13.5. The molecule has 0 atom stereocenters. The maximum atomic E-state index is 14.1. The summed E-state index contributed by atoms with van der Waals surface area (Å²) in [6.45, 7) is 2.10. The molecule has 0 aliphatic carbocycles. The van der Waals surface area contributed by atoms with Crippen molar-refractivity contribution in [2.45, 2.75) is 19.4 Å². The van der Waals surface area contributed by atoms with E-state index in [9.17, 15) is 9.18 Å². The van der Waals surface area contributed by atoms with Crippen LogP contribution in [0.5, 0.6) is 0 Å². The molecule has 0 spiro atoms. The van der Waals surface area contributed by atoms with Crippen LogP contribution in [-0.2, 0) is 6.54 Å². The Kier molecular flexibility index (Phi) is 5.46. The highest BCUT2D eigenvalue weighted by molar-refractivity contribution is 5.94. The lowest BCUT2D eigenvalue weighted by Crippen LogP contribution is -2.28. The van der Waals surface area contributed by atoms with Crippen LogP contribution in [0.1, 0.15) is 28.9 Å². The van der Waals surface area contributed by atoms with Gasteiger partial charge in [0.2, 0.25) is 5.95 Å². The van der Waals surface area contributed by atoms with Gasteiger partial charge in [-0.25, -0.2) is 14.4 Å². The number of rotatable bonds is 5. The van der Waals surface area contributed by atoms with E-state index in [4.69, 9.17) is 4.98 Å². The van der Waals surface area contributed by atoms with Gasteiger partial charge in [-0.15, -0.1) is 0 Å². The summed E-state index contributed by atoms with van der Waals surface area (Å²) in [5.74, 6) is -0.244. The lowest BCUT2D eigenvalue weighted by molar-refractivity contribution is 0.0779. The number of benzene rings is 1.